The molecule has 0 aliphatic heterocycles. The lowest BCUT2D eigenvalue weighted by Gasteiger charge is -2.10. The van der Waals surface area contributed by atoms with E-state index in [1.165, 1.54) is 31.4 Å². The van der Waals surface area contributed by atoms with Crippen LogP contribution in [0.15, 0.2) is 18.2 Å². The van der Waals surface area contributed by atoms with Crippen molar-refractivity contribution in [2.24, 2.45) is 0 Å². The van der Waals surface area contributed by atoms with Gasteiger partial charge in [-0.15, -0.1) is 0 Å². The third-order valence-corrected chi connectivity index (χ3v) is 3.83. The molecule has 0 radical (unpaired) electrons. The highest BCUT2D eigenvalue weighted by Crippen LogP contribution is 2.27. The molecule has 0 saturated carbocycles. The maximum Gasteiger partial charge on any atom is 0.154 e. The SMILES string of the molecule is CCCCCCCCC(=O)C(C#N)c1ccc(F)cc1Cl. The summed E-state index contributed by atoms with van der Waals surface area (Å²) in [6.45, 7) is 2.16. The van der Waals surface area contributed by atoms with Gasteiger partial charge in [-0.25, -0.2) is 4.39 Å². The molecule has 1 rings (SSSR count). The summed E-state index contributed by atoms with van der Waals surface area (Å²) >= 11 is 5.92. The van der Waals surface area contributed by atoms with Gasteiger partial charge in [-0.05, 0) is 24.1 Å². The molecule has 0 heterocycles. The highest BCUT2D eigenvalue weighted by molar-refractivity contribution is 6.31. The molecule has 0 N–H and O–H groups in total. The van der Waals surface area contributed by atoms with Crippen molar-refractivity contribution >= 4 is 17.4 Å². The van der Waals surface area contributed by atoms with Gasteiger partial charge in [0.2, 0.25) is 0 Å². The van der Waals surface area contributed by atoms with Crippen LogP contribution in [0.2, 0.25) is 5.02 Å². The van der Waals surface area contributed by atoms with Gasteiger partial charge in [0.05, 0.1) is 6.07 Å². The summed E-state index contributed by atoms with van der Waals surface area (Å²) in [4.78, 5) is 12.1. The van der Waals surface area contributed by atoms with Gasteiger partial charge in [0.25, 0.3) is 0 Å². The highest BCUT2D eigenvalue weighted by Gasteiger charge is 2.22. The van der Waals surface area contributed by atoms with Crippen LogP contribution in [0.3, 0.4) is 0 Å². The molecule has 2 nitrogen and oxygen atoms in total. The monoisotopic (exact) mass is 309 g/mol. The molecule has 1 aromatic carbocycles. The number of hydrogen-bond acceptors (Lipinski definition) is 2. The Hall–Kier alpha value is -1.40. The van der Waals surface area contributed by atoms with Gasteiger partial charge in [-0.3, -0.25) is 4.79 Å². The van der Waals surface area contributed by atoms with Crippen molar-refractivity contribution in [3.8, 4) is 6.07 Å². The van der Waals surface area contributed by atoms with Gasteiger partial charge in [0, 0.05) is 11.4 Å². The van der Waals surface area contributed by atoms with E-state index in [2.05, 4.69) is 6.92 Å². The third kappa shape index (κ3) is 5.85. The number of nitriles is 1. The van der Waals surface area contributed by atoms with Crippen LogP contribution < -0.4 is 0 Å². The van der Waals surface area contributed by atoms with Crippen molar-refractivity contribution in [1.82, 2.24) is 0 Å². The predicted molar refractivity (Wildman–Crippen MR) is 82.8 cm³/mol. The molecule has 0 aliphatic rings. The normalized spacial score (nSPS) is 11.9. The van der Waals surface area contributed by atoms with Gasteiger partial charge in [0.15, 0.2) is 5.78 Å². The van der Waals surface area contributed by atoms with Crippen LogP contribution in [0.5, 0.6) is 0 Å². The summed E-state index contributed by atoms with van der Waals surface area (Å²) in [5, 5.41) is 9.33. The molecule has 1 atom stereocenters. The summed E-state index contributed by atoms with van der Waals surface area (Å²) in [6, 6.07) is 5.77. The topological polar surface area (TPSA) is 40.9 Å². The first-order valence-electron chi connectivity index (χ1n) is 7.47. The summed E-state index contributed by atoms with van der Waals surface area (Å²) in [6.07, 6.45) is 6.89. The molecular formula is C17H21ClFNO. The Balaban J connectivity index is 2.52. The first-order chi connectivity index (χ1) is 10.1. The van der Waals surface area contributed by atoms with Crippen LogP contribution in [0, 0.1) is 17.1 Å². The van der Waals surface area contributed by atoms with Crippen molar-refractivity contribution in [1.29, 1.82) is 5.26 Å². The zero-order valence-corrected chi connectivity index (χ0v) is 13.1. The molecule has 0 bridgehead atoms. The number of rotatable bonds is 9. The minimum atomic E-state index is -0.895. The van der Waals surface area contributed by atoms with Crippen molar-refractivity contribution in [3.05, 3.63) is 34.6 Å². The predicted octanol–water partition coefficient (Wildman–Crippen LogP) is 5.41. The first kappa shape index (κ1) is 17.7. The van der Waals surface area contributed by atoms with Crippen LogP contribution in [-0.2, 0) is 4.79 Å². The van der Waals surface area contributed by atoms with Crippen LogP contribution in [0.4, 0.5) is 4.39 Å². The van der Waals surface area contributed by atoms with Gasteiger partial charge >= 0.3 is 0 Å². The van der Waals surface area contributed by atoms with Crippen LogP contribution in [-0.4, -0.2) is 5.78 Å². The fourth-order valence-corrected chi connectivity index (χ4v) is 2.55. The largest absolute Gasteiger partial charge is 0.298 e. The van der Waals surface area contributed by atoms with Gasteiger partial charge < -0.3 is 0 Å². The third-order valence-electron chi connectivity index (χ3n) is 3.50. The van der Waals surface area contributed by atoms with Crippen LogP contribution in [0.25, 0.3) is 0 Å². The maximum absolute atomic E-state index is 13.0. The molecule has 0 aromatic heterocycles. The number of carbonyl (C=O) groups excluding carboxylic acids is 1. The molecular weight excluding hydrogens is 289 g/mol. The Kier molecular flexibility index (Phi) is 8.00. The van der Waals surface area contributed by atoms with Crippen molar-refractivity contribution in [2.45, 2.75) is 57.8 Å². The zero-order valence-electron chi connectivity index (χ0n) is 12.4. The maximum atomic E-state index is 13.0. The van der Waals surface area contributed by atoms with E-state index in [0.29, 0.717) is 12.0 Å². The van der Waals surface area contributed by atoms with E-state index in [1.54, 1.807) is 0 Å². The molecule has 0 aliphatic carbocycles. The van der Waals surface area contributed by atoms with Crippen molar-refractivity contribution in [2.75, 3.05) is 0 Å². The molecule has 0 spiro atoms. The van der Waals surface area contributed by atoms with E-state index in [0.717, 1.165) is 25.3 Å². The van der Waals surface area contributed by atoms with Gasteiger partial charge in [-0.1, -0.05) is 56.7 Å². The number of ketones is 1. The number of nitrogens with zero attached hydrogens (tertiary/aromatic N) is 1. The standard InChI is InChI=1S/C17H21ClFNO/c1-2-3-4-5-6-7-8-17(21)15(12-20)14-10-9-13(19)11-16(14)18/h9-11,15H,2-8H2,1H3. The second-order valence-electron chi connectivity index (χ2n) is 5.21. The lowest BCUT2D eigenvalue weighted by atomic mass is 9.92. The number of hydrogen-bond donors (Lipinski definition) is 0. The number of carbonyl (C=O) groups is 1. The lowest BCUT2D eigenvalue weighted by molar-refractivity contribution is -0.119. The Morgan fingerprint density at radius 1 is 1.29 bits per heavy atom. The molecule has 0 amide bonds. The van der Waals surface area contributed by atoms with E-state index < -0.39 is 11.7 Å². The quantitative estimate of drug-likeness (QED) is 0.572. The average Bonchev–Trinajstić information content (AvgIpc) is 2.45. The Morgan fingerprint density at radius 2 is 1.95 bits per heavy atom. The number of halogens is 2. The Bertz CT molecular complexity index is 510. The van der Waals surface area contributed by atoms with Crippen LogP contribution in [0.1, 0.15) is 63.4 Å². The van der Waals surface area contributed by atoms with E-state index in [-0.39, 0.29) is 10.8 Å². The Labute approximate surface area is 130 Å². The number of unbranched alkanes of at least 4 members (excludes halogenated alkanes) is 5. The second-order valence-corrected chi connectivity index (χ2v) is 5.62. The highest BCUT2D eigenvalue weighted by atomic mass is 35.5. The molecule has 0 fully saturated rings. The molecule has 114 valence electrons. The fourth-order valence-electron chi connectivity index (χ4n) is 2.27. The van der Waals surface area contributed by atoms with Crippen molar-refractivity contribution < 1.29 is 9.18 Å². The Morgan fingerprint density at radius 3 is 2.57 bits per heavy atom. The zero-order chi connectivity index (χ0) is 15.7. The van der Waals surface area contributed by atoms with Gasteiger partial charge in [0.1, 0.15) is 11.7 Å². The molecule has 1 aromatic rings. The summed E-state index contributed by atoms with van der Waals surface area (Å²) in [5.74, 6) is -1.50. The summed E-state index contributed by atoms with van der Waals surface area (Å²) in [5.41, 5.74) is 0.400. The molecule has 0 saturated heterocycles. The number of Topliss-reactive ketones (excluding diaryl/α,β-unsaturated/α-hetero) is 1. The minimum Gasteiger partial charge on any atom is -0.298 e. The molecule has 4 heteroatoms. The van der Waals surface area contributed by atoms with Crippen molar-refractivity contribution in [3.63, 3.8) is 0 Å². The molecule has 1 unspecified atom stereocenters. The minimum absolute atomic E-state index is 0.137. The summed E-state index contributed by atoms with van der Waals surface area (Å²) < 4.78 is 13.0. The van der Waals surface area contributed by atoms with E-state index in [9.17, 15) is 14.4 Å². The lowest BCUT2D eigenvalue weighted by Crippen LogP contribution is -2.11. The van der Waals surface area contributed by atoms with E-state index in [4.69, 9.17) is 11.6 Å². The number of benzene rings is 1. The van der Waals surface area contributed by atoms with E-state index >= 15 is 0 Å². The fraction of sp³-hybridized carbons (Fsp3) is 0.529. The van der Waals surface area contributed by atoms with E-state index in [1.807, 2.05) is 6.07 Å². The first-order valence-corrected chi connectivity index (χ1v) is 7.85. The summed E-state index contributed by atoms with van der Waals surface area (Å²) in [7, 11) is 0. The average molecular weight is 310 g/mol. The molecule has 21 heavy (non-hydrogen) atoms. The van der Waals surface area contributed by atoms with Crippen LogP contribution >= 0.6 is 11.6 Å². The second kappa shape index (κ2) is 9.52. The van der Waals surface area contributed by atoms with Gasteiger partial charge in [-0.2, -0.15) is 5.26 Å². The smallest absolute Gasteiger partial charge is 0.154 e.